The highest BCUT2D eigenvalue weighted by atomic mass is 31.2. The Labute approximate surface area is 121 Å². The fraction of sp³-hybridized carbons (Fsp3) is 0.636. The summed E-state index contributed by atoms with van der Waals surface area (Å²) in [6.07, 6.45) is 1.26. The molecule has 21 heavy (non-hydrogen) atoms. The summed E-state index contributed by atoms with van der Waals surface area (Å²) in [4.78, 5) is 28.4. The third-order valence-electron chi connectivity index (χ3n) is 2.70. The van der Waals surface area contributed by atoms with E-state index >= 15 is 0 Å². The first-order valence-corrected chi connectivity index (χ1v) is 8.17. The highest BCUT2D eigenvalue weighted by Crippen LogP contribution is 2.35. The van der Waals surface area contributed by atoms with Gasteiger partial charge >= 0.3 is 13.6 Å². The minimum absolute atomic E-state index is 0.0889. The lowest BCUT2D eigenvalue weighted by Crippen LogP contribution is -2.32. The highest BCUT2D eigenvalue weighted by molar-refractivity contribution is 7.51. The molecule has 0 radical (unpaired) electrons. The first kappa shape index (κ1) is 17.6. The van der Waals surface area contributed by atoms with Crippen LogP contribution >= 0.6 is 7.60 Å². The molecule has 0 aliphatic rings. The average Bonchev–Trinajstić information content (AvgIpc) is 2.75. The van der Waals surface area contributed by atoms with Crippen LogP contribution in [0.4, 0.5) is 0 Å². The molecule has 1 heterocycles. The number of nitrogens with two attached hydrogens (primary N) is 1. The van der Waals surface area contributed by atoms with Crippen LogP contribution in [-0.4, -0.2) is 38.4 Å². The Morgan fingerprint density at radius 2 is 2.19 bits per heavy atom. The number of carbonyl (C=O) groups is 1. The zero-order valence-electron chi connectivity index (χ0n) is 11.6. The Bertz CT molecular complexity index is 525. The van der Waals surface area contributed by atoms with Crippen LogP contribution in [0.25, 0.3) is 0 Å². The van der Waals surface area contributed by atoms with Gasteiger partial charge in [-0.15, -0.1) is 0 Å². The molecule has 5 N–H and O–H groups in total. The summed E-state index contributed by atoms with van der Waals surface area (Å²) in [5.41, 5.74) is 5.82. The van der Waals surface area contributed by atoms with Gasteiger partial charge in [-0.2, -0.15) is 0 Å². The molecule has 0 aliphatic heterocycles. The van der Waals surface area contributed by atoms with Crippen molar-refractivity contribution in [2.45, 2.75) is 38.6 Å². The van der Waals surface area contributed by atoms with E-state index in [0.29, 0.717) is 17.7 Å². The van der Waals surface area contributed by atoms with Gasteiger partial charge in [0.2, 0.25) is 0 Å². The third-order valence-corrected chi connectivity index (χ3v) is 3.17. The van der Waals surface area contributed by atoms with Crippen molar-refractivity contribution < 1.29 is 33.5 Å². The SMILES string of the molecule is CCCCc1onc(OCP(=O)(O)O)c1C[C@@H](N)C(=O)O. The maximum absolute atomic E-state index is 10.8. The third kappa shape index (κ3) is 5.84. The highest BCUT2D eigenvalue weighted by Gasteiger charge is 2.24. The van der Waals surface area contributed by atoms with E-state index in [1.54, 1.807) is 0 Å². The number of aliphatic carboxylic acids is 1. The Hall–Kier alpha value is -1.41. The van der Waals surface area contributed by atoms with Gasteiger partial charge in [-0.1, -0.05) is 13.3 Å². The number of ether oxygens (including phenoxy) is 1. The molecule has 0 saturated heterocycles. The van der Waals surface area contributed by atoms with E-state index in [0.717, 1.165) is 12.8 Å². The molecule has 1 rings (SSSR count). The van der Waals surface area contributed by atoms with Gasteiger partial charge in [0.25, 0.3) is 5.88 Å². The van der Waals surface area contributed by atoms with Gasteiger partial charge in [-0.05, 0) is 11.6 Å². The molecule has 0 amide bonds. The smallest absolute Gasteiger partial charge is 0.362 e. The molecule has 1 aromatic heterocycles. The van der Waals surface area contributed by atoms with Crippen molar-refractivity contribution in [3.8, 4) is 5.88 Å². The van der Waals surface area contributed by atoms with Crippen molar-refractivity contribution in [2.24, 2.45) is 5.73 Å². The van der Waals surface area contributed by atoms with Crippen LogP contribution in [0.3, 0.4) is 0 Å². The maximum Gasteiger partial charge on any atom is 0.362 e. The van der Waals surface area contributed by atoms with E-state index in [4.69, 9.17) is 29.9 Å². The first-order chi connectivity index (χ1) is 9.74. The molecule has 120 valence electrons. The van der Waals surface area contributed by atoms with Gasteiger partial charge in [0.1, 0.15) is 11.8 Å². The summed E-state index contributed by atoms with van der Waals surface area (Å²) in [6.45, 7) is 1.98. The van der Waals surface area contributed by atoms with E-state index in [1.807, 2.05) is 6.92 Å². The number of rotatable bonds is 9. The first-order valence-electron chi connectivity index (χ1n) is 6.37. The van der Waals surface area contributed by atoms with Crippen LogP contribution < -0.4 is 10.5 Å². The summed E-state index contributed by atoms with van der Waals surface area (Å²) in [5, 5.41) is 12.5. The number of carboxylic acids is 1. The molecule has 0 aliphatic carbocycles. The van der Waals surface area contributed by atoms with Gasteiger partial charge < -0.3 is 29.9 Å². The molecular formula is C11H19N2O7P. The largest absolute Gasteiger partial charge is 0.480 e. The standard InChI is InChI=1S/C11H19N2O7P/c1-2-3-4-9-7(5-8(12)11(14)15)10(13-20-9)19-6-21(16,17)18/h8H,2-6,12H2,1H3,(H,14,15)(H2,16,17,18)/t8-/m1/s1. The fourth-order valence-electron chi connectivity index (χ4n) is 1.63. The number of carboxylic acid groups (broad SMARTS) is 1. The van der Waals surface area contributed by atoms with E-state index in [2.05, 4.69) is 5.16 Å². The minimum Gasteiger partial charge on any atom is -0.480 e. The Balaban J connectivity index is 2.92. The van der Waals surface area contributed by atoms with E-state index in [1.165, 1.54) is 0 Å². The second-order valence-electron chi connectivity index (χ2n) is 4.58. The van der Waals surface area contributed by atoms with Crippen molar-refractivity contribution in [2.75, 3.05) is 6.35 Å². The van der Waals surface area contributed by atoms with Crippen LogP contribution in [0.15, 0.2) is 4.52 Å². The number of nitrogens with zero attached hydrogens (tertiary/aromatic N) is 1. The van der Waals surface area contributed by atoms with Crippen LogP contribution in [0.2, 0.25) is 0 Å². The Morgan fingerprint density at radius 1 is 1.52 bits per heavy atom. The van der Waals surface area contributed by atoms with Crippen LogP contribution in [-0.2, 0) is 22.2 Å². The summed E-state index contributed by atoms with van der Waals surface area (Å²) in [5.74, 6) is -0.894. The van der Waals surface area contributed by atoms with Crippen molar-refractivity contribution in [1.82, 2.24) is 5.16 Å². The number of hydrogen-bond donors (Lipinski definition) is 4. The number of aromatic nitrogens is 1. The number of unbranched alkanes of at least 4 members (excludes halogenated alkanes) is 1. The molecule has 1 atom stereocenters. The second kappa shape index (κ2) is 7.56. The number of aryl methyl sites for hydroxylation is 1. The maximum atomic E-state index is 10.8. The lowest BCUT2D eigenvalue weighted by atomic mass is 10.0. The molecule has 0 fully saturated rings. The topological polar surface area (TPSA) is 156 Å². The summed E-state index contributed by atoms with van der Waals surface area (Å²) >= 11 is 0. The lowest BCUT2D eigenvalue weighted by Gasteiger charge is -2.09. The average molecular weight is 322 g/mol. The molecule has 0 unspecified atom stereocenters. The van der Waals surface area contributed by atoms with E-state index in [-0.39, 0.29) is 12.3 Å². The summed E-state index contributed by atoms with van der Waals surface area (Å²) < 4.78 is 20.8. The molecule has 0 spiro atoms. The normalized spacial score (nSPS) is 13.1. The van der Waals surface area contributed by atoms with Crippen molar-refractivity contribution in [3.63, 3.8) is 0 Å². The summed E-state index contributed by atoms with van der Waals surface area (Å²) in [7, 11) is -4.37. The fourth-order valence-corrected chi connectivity index (χ4v) is 1.92. The Morgan fingerprint density at radius 3 is 2.71 bits per heavy atom. The van der Waals surface area contributed by atoms with Gasteiger partial charge in [0, 0.05) is 12.8 Å². The molecule has 10 heteroatoms. The quantitative estimate of drug-likeness (QED) is 0.475. The van der Waals surface area contributed by atoms with Gasteiger partial charge in [-0.3, -0.25) is 9.36 Å². The molecule has 9 nitrogen and oxygen atoms in total. The predicted molar refractivity (Wildman–Crippen MR) is 72.0 cm³/mol. The zero-order valence-corrected chi connectivity index (χ0v) is 12.5. The monoisotopic (exact) mass is 322 g/mol. The van der Waals surface area contributed by atoms with Gasteiger partial charge in [0.15, 0.2) is 6.35 Å². The van der Waals surface area contributed by atoms with Crippen molar-refractivity contribution in [3.05, 3.63) is 11.3 Å². The molecule has 1 aromatic rings. The van der Waals surface area contributed by atoms with Gasteiger partial charge in [-0.25, -0.2) is 0 Å². The van der Waals surface area contributed by atoms with E-state index in [9.17, 15) is 9.36 Å². The van der Waals surface area contributed by atoms with Crippen molar-refractivity contribution >= 4 is 13.6 Å². The lowest BCUT2D eigenvalue weighted by molar-refractivity contribution is -0.138. The zero-order chi connectivity index (χ0) is 16.0. The Kier molecular flexibility index (Phi) is 6.35. The second-order valence-corrected chi connectivity index (χ2v) is 6.17. The van der Waals surface area contributed by atoms with Gasteiger partial charge in [0.05, 0.1) is 5.56 Å². The van der Waals surface area contributed by atoms with E-state index < -0.39 is 26.0 Å². The minimum atomic E-state index is -4.37. The molecule has 0 bridgehead atoms. The molecular weight excluding hydrogens is 303 g/mol. The number of hydrogen-bond acceptors (Lipinski definition) is 6. The predicted octanol–water partition coefficient (Wildman–Crippen LogP) is 0.486. The van der Waals surface area contributed by atoms with Crippen LogP contribution in [0.5, 0.6) is 5.88 Å². The molecule has 0 saturated carbocycles. The summed E-state index contributed by atoms with van der Waals surface area (Å²) in [6, 6.07) is -1.18. The van der Waals surface area contributed by atoms with Crippen LogP contribution in [0, 0.1) is 0 Å². The van der Waals surface area contributed by atoms with Crippen LogP contribution in [0.1, 0.15) is 31.1 Å². The molecule has 0 aromatic carbocycles. The van der Waals surface area contributed by atoms with Crippen molar-refractivity contribution in [1.29, 1.82) is 0 Å².